The smallest absolute Gasteiger partial charge is 0.152 e. The molecule has 2 aromatic carbocycles. The average molecular weight is 539 g/mol. The summed E-state index contributed by atoms with van der Waals surface area (Å²) in [7, 11) is -3.38. The minimum atomic E-state index is -3.38. The number of aliphatic hydroxyl groups excluding tert-OH is 1. The Morgan fingerprint density at radius 3 is 2.39 bits per heavy atom. The molecule has 0 bridgehead atoms. The van der Waals surface area contributed by atoms with Gasteiger partial charge in [-0.05, 0) is 67.0 Å². The lowest BCUT2D eigenvalue weighted by molar-refractivity contribution is 0.0781. The van der Waals surface area contributed by atoms with Crippen molar-refractivity contribution in [3.8, 4) is 0 Å². The van der Waals surface area contributed by atoms with Crippen LogP contribution in [-0.4, -0.2) is 37.2 Å². The number of halogens is 2. The van der Waals surface area contributed by atoms with E-state index in [9.17, 15) is 17.9 Å². The number of nitrogen functional groups attached to an aromatic ring is 1. The zero-order valence-corrected chi connectivity index (χ0v) is 23.7. The predicted octanol–water partition coefficient (Wildman–Crippen LogP) is 5.05. The van der Waals surface area contributed by atoms with E-state index < -0.39 is 33.7 Å². The Labute approximate surface area is 221 Å². The molecule has 1 aliphatic heterocycles. The van der Waals surface area contributed by atoms with E-state index in [1.165, 1.54) is 11.6 Å². The summed E-state index contributed by atoms with van der Waals surface area (Å²) >= 11 is 0. The Bertz CT molecular complexity index is 1220. The molecule has 1 heterocycles. The quantitative estimate of drug-likeness (QED) is 0.448. The van der Waals surface area contributed by atoms with Crippen molar-refractivity contribution in [3.05, 3.63) is 70.0 Å². The monoisotopic (exact) mass is 538 g/mol. The number of nitrogens with one attached hydrogen (secondary N) is 1. The van der Waals surface area contributed by atoms with Gasteiger partial charge in [-0.2, -0.15) is 0 Å². The van der Waals surface area contributed by atoms with Crippen molar-refractivity contribution in [3.63, 3.8) is 0 Å². The van der Waals surface area contributed by atoms with Crippen LogP contribution in [-0.2, 0) is 28.2 Å². The summed E-state index contributed by atoms with van der Waals surface area (Å²) in [6.07, 6.45) is -0.629. The lowest BCUT2D eigenvalue weighted by Gasteiger charge is -2.35. The number of hydrogen-bond acceptors (Lipinski definition) is 5. The van der Waals surface area contributed by atoms with Crippen molar-refractivity contribution >= 4 is 33.5 Å². The van der Waals surface area contributed by atoms with Crippen LogP contribution >= 0.6 is 12.4 Å². The first-order valence-electron chi connectivity index (χ1n) is 12.1. The second kappa shape index (κ2) is 11.6. The van der Waals surface area contributed by atoms with E-state index >= 15 is 0 Å². The van der Waals surface area contributed by atoms with Gasteiger partial charge in [0.1, 0.15) is 5.82 Å². The van der Waals surface area contributed by atoms with Crippen molar-refractivity contribution in [1.82, 2.24) is 5.32 Å². The highest BCUT2D eigenvalue weighted by Crippen LogP contribution is 2.31. The maximum Gasteiger partial charge on any atom is 0.152 e. The first-order chi connectivity index (χ1) is 16.2. The molecule has 0 unspecified atom stereocenters. The van der Waals surface area contributed by atoms with Gasteiger partial charge in [0.25, 0.3) is 0 Å². The molecule has 0 amide bonds. The summed E-state index contributed by atoms with van der Waals surface area (Å²) in [6.45, 7) is 12.6. The van der Waals surface area contributed by atoms with E-state index in [2.05, 4.69) is 38.2 Å². The Kier molecular flexibility index (Phi) is 9.79. The molecule has 0 aromatic heterocycles. The fourth-order valence-corrected chi connectivity index (χ4v) is 6.59. The highest BCUT2D eigenvalue weighted by atomic mass is 35.5. The van der Waals surface area contributed by atoms with E-state index in [-0.39, 0.29) is 41.4 Å². The minimum absolute atomic E-state index is 0. The van der Waals surface area contributed by atoms with E-state index in [4.69, 9.17) is 5.73 Å². The number of benzene rings is 2. The van der Waals surface area contributed by atoms with E-state index in [0.29, 0.717) is 17.7 Å². The molecule has 2 aromatic rings. The van der Waals surface area contributed by atoms with Gasteiger partial charge < -0.3 is 16.2 Å². The number of nitrogens with two attached hydrogens (primary N) is 1. The zero-order chi connectivity index (χ0) is 26.1. The van der Waals surface area contributed by atoms with Crippen LogP contribution in [0, 0.1) is 11.7 Å². The second-order valence-corrected chi connectivity index (χ2v) is 13.3. The van der Waals surface area contributed by atoms with Gasteiger partial charge in [0.05, 0.1) is 23.3 Å². The van der Waals surface area contributed by atoms with Crippen LogP contribution in [0.3, 0.4) is 0 Å². The Hall–Kier alpha value is -1.93. The minimum Gasteiger partial charge on any atom is -0.396 e. The normalized spacial score (nSPS) is 21.5. The van der Waals surface area contributed by atoms with E-state index in [1.54, 1.807) is 0 Å². The van der Waals surface area contributed by atoms with Crippen LogP contribution < -0.4 is 11.1 Å². The molecule has 5 nitrogen and oxygen atoms in total. The molecule has 0 radical (unpaired) electrons. The van der Waals surface area contributed by atoms with Crippen molar-refractivity contribution < 1.29 is 17.9 Å². The number of rotatable bonds is 6. The van der Waals surface area contributed by atoms with Gasteiger partial charge in [-0.1, -0.05) is 50.6 Å². The fourth-order valence-electron chi connectivity index (χ4n) is 4.62. The lowest BCUT2D eigenvalue weighted by Crippen LogP contribution is -2.54. The maximum absolute atomic E-state index is 14.6. The van der Waals surface area contributed by atoms with Gasteiger partial charge in [0, 0.05) is 24.1 Å². The fraction of sp³-hybridized carbons (Fsp3) is 0.500. The highest BCUT2D eigenvalue weighted by Gasteiger charge is 2.39. The molecule has 1 saturated heterocycles. The summed E-state index contributed by atoms with van der Waals surface area (Å²) in [5.74, 6) is -1.33. The van der Waals surface area contributed by atoms with Crippen LogP contribution in [0.5, 0.6) is 0 Å². The van der Waals surface area contributed by atoms with Crippen LogP contribution in [0.2, 0.25) is 0 Å². The standard InChI is InChI=1S/C28H39FN2O3S.ClH/c1-17(2)18(3)23-12-20(13-24(29)26(23)30)10-21-15-35(33,34)16-25(27(21)32)31-14-19-8-7-9-22(11-19)28(4,5)6;/h7-9,11-13,21,25,27,31-32H,10,14-16,30H2,1-6H3;1H/t21-,25+,27+;/m1./s1. The third-order valence-electron chi connectivity index (χ3n) is 7.00. The Morgan fingerprint density at radius 1 is 1.11 bits per heavy atom. The summed E-state index contributed by atoms with van der Waals surface area (Å²) in [5.41, 5.74) is 11.5. The number of anilines is 1. The summed E-state index contributed by atoms with van der Waals surface area (Å²) in [6, 6.07) is 10.7. The average Bonchev–Trinajstić information content (AvgIpc) is 2.76. The summed E-state index contributed by atoms with van der Waals surface area (Å²) in [4.78, 5) is 0. The maximum atomic E-state index is 14.6. The molecule has 36 heavy (non-hydrogen) atoms. The van der Waals surface area contributed by atoms with Gasteiger partial charge in [-0.15, -0.1) is 12.4 Å². The van der Waals surface area contributed by atoms with Crippen molar-refractivity contribution in [1.29, 1.82) is 0 Å². The molecular weight excluding hydrogens is 499 g/mol. The number of aliphatic hydroxyl groups is 1. The molecule has 3 rings (SSSR count). The summed E-state index contributed by atoms with van der Waals surface area (Å²) < 4.78 is 40.1. The number of allylic oxidation sites excluding steroid dienone is 2. The largest absolute Gasteiger partial charge is 0.396 e. The molecule has 4 N–H and O–H groups in total. The SMILES string of the molecule is CC(C)=C(C)c1cc(C[C@@H]2CS(=O)(=O)C[C@H](NCc3cccc(C(C)(C)C)c3)[C@H]2O)cc(F)c1N.Cl. The molecule has 200 valence electrons. The third-order valence-corrected chi connectivity index (χ3v) is 8.80. The highest BCUT2D eigenvalue weighted by molar-refractivity contribution is 7.91. The summed E-state index contributed by atoms with van der Waals surface area (Å²) in [5, 5.41) is 14.4. The van der Waals surface area contributed by atoms with Gasteiger partial charge >= 0.3 is 0 Å². The van der Waals surface area contributed by atoms with Gasteiger partial charge in [0.15, 0.2) is 9.84 Å². The molecule has 8 heteroatoms. The van der Waals surface area contributed by atoms with Crippen LogP contribution in [0.1, 0.15) is 63.8 Å². The van der Waals surface area contributed by atoms with Gasteiger partial charge in [0.2, 0.25) is 0 Å². The third kappa shape index (κ3) is 7.31. The molecule has 0 aliphatic carbocycles. The number of sulfone groups is 1. The molecule has 1 aliphatic rings. The topological polar surface area (TPSA) is 92.4 Å². The van der Waals surface area contributed by atoms with E-state index in [0.717, 1.165) is 16.7 Å². The number of hydrogen-bond donors (Lipinski definition) is 3. The van der Waals surface area contributed by atoms with Crippen LogP contribution in [0.25, 0.3) is 5.57 Å². The molecular formula is C28H40ClFN2O3S. The zero-order valence-electron chi connectivity index (χ0n) is 22.1. The molecule has 0 saturated carbocycles. The van der Waals surface area contributed by atoms with Crippen LogP contribution in [0.4, 0.5) is 10.1 Å². The lowest BCUT2D eigenvalue weighted by atomic mass is 9.86. The predicted molar refractivity (Wildman–Crippen MR) is 150 cm³/mol. The van der Waals surface area contributed by atoms with Crippen molar-refractivity contribution in [2.75, 3.05) is 17.2 Å². The molecule has 0 spiro atoms. The Morgan fingerprint density at radius 2 is 1.78 bits per heavy atom. The van der Waals surface area contributed by atoms with Gasteiger partial charge in [-0.25, -0.2) is 12.8 Å². The van der Waals surface area contributed by atoms with E-state index in [1.807, 2.05) is 39.0 Å². The van der Waals surface area contributed by atoms with Crippen LogP contribution in [0.15, 0.2) is 42.0 Å². The molecule has 3 atom stereocenters. The molecule has 1 fully saturated rings. The van der Waals surface area contributed by atoms with Crippen molar-refractivity contribution in [2.45, 2.75) is 72.1 Å². The Balaban J connectivity index is 0.00000456. The van der Waals surface area contributed by atoms with Crippen molar-refractivity contribution in [2.24, 2.45) is 5.92 Å². The van der Waals surface area contributed by atoms with Gasteiger partial charge in [-0.3, -0.25) is 0 Å². The first-order valence-corrected chi connectivity index (χ1v) is 13.9. The second-order valence-electron chi connectivity index (χ2n) is 11.1. The first kappa shape index (κ1) is 30.3.